The fourth-order valence-corrected chi connectivity index (χ4v) is 1.98. The normalized spacial score (nSPS) is 18.9. The van der Waals surface area contributed by atoms with E-state index in [4.69, 9.17) is 10.5 Å². The van der Waals surface area contributed by atoms with Gasteiger partial charge in [-0.3, -0.25) is 0 Å². The van der Waals surface area contributed by atoms with Crippen LogP contribution < -0.4 is 10.5 Å². The van der Waals surface area contributed by atoms with Gasteiger partial charge in [0.2, 0.25) is 0 Å². The molecule has 1 atom stereocenters. The third-order valence-corrected chi connectivity index (χ3v) is 2.87. The van der Waals surface area contributed by atoms with Crippen molar-refractivity contribution in [1.29, 1.82) is 0 Å². The first-order valence-corrected chi connectivity index (χ1v) is 5.57. The van der Waals surface area contributed by atoms with Crippen molar-refractivity contribution in [1.82, 2.24) is 0 Å². The van der Waals surface area contributed by atoms with Crippen LogP contribution >= 0.6 is 0 Å². The molecule has 94 valence electrons. The molecule has 1 aromatic rings. The Labute approximate surface area is 97.6 Å². The maximum Gasteiger partial charge on any atom is 0.416 e. The maximum absolute atomic E-state index is 12.5. The number of ether oxygens (including phenoxy) is 1. The number of hydrogen-bond acceptors (Lipinski definition) is 2. The van der Waals surface area contributed by atoms with Gasteiger partial charge in [0.05, 0.1) is 5.56 Å². The van der Waals surface area contributed by atoms with Gasteiger partial charge in [0.1, 0.15) is 11.9 Å². The molecule has 5 heteroatoms. The topological polar surface area (TPSA) is 35.2 Å². The Morgan fingerprint density at radius 1 is 1.35 bits per heavy atom. The van der Waals surface area contributed by atoms with Gasteiger partial charge in [0.25, 0.3) is 0 Å². The molecule has 2 N–H and O–H groups in total. The Balaban J connectivity index is 2.11. The molecular weight excluding hydrogens is 231 g/mol. The van der Waals surface area contributed by atoms with Crippen LogP contribution in [0.3, 0.4) is 0 Å². The van der Waals surface area contributed by atoms with E-state index in [1.807, 2.05) is 0 Å². The molecule has 2 nitrogen and oxygen atoms in total. The van der Waals surface area contributed by atoms with E-state index in [2.05, 4.69) is 0 Å². The molecule has 0 saturated carbocycles. The van der Waals surface area contributed by atoms with Crippen LogP contribution in [0.25, 0.3) is 0 Å². The minimum Gasteiger partial charge on any atom is -0.490 e. The van der Waals surface area contributed by atoms with Gasteiger partial charge in [-0.2, -0.15) is 13.2 Å². The highest BCUT2D eigenvalue weighted by molar-refractivity contribution is 5.41. The second-order valence-corrected chi connectivity index (χ2v) is 4.20. The quantitative estimate of drug-likeness (QED) is 0.888. The fourth-order valence-electron chi connectivity index (χ4n) is 1.98. The average Bonchev–Trinajstić information content (AvgIpc) is 2.66. The Bertz CT molecular complexity index is 403. The SMILES string of the molecule is NCCCC1Cc2ccc(C(F)(F)F)cc2O1. The smallest absolute Gasteiger partial charge is 0.416 e. The molecule has 0 bridgehead atoms. The van der Waals surface area contributed by atoms with Crippen LogP contribution in [0.1, 0.15) is 24.0 Å². The first-order chi connectivity index (χ1) is 8.00. The molecule has 1 aliphatic rings. The minimum atomic E-state index is -4.31. The molecule has 17 heavy (non-hydrogen) atoms. The van der Waals surface area contributed by atoms with Gasteiger partial charge in [-0.05, 0) is 37.1 Å². The molecule has 0 amide bonds. The van der Waals surface area contributed by atoms with Gasteiger partial charge < -0.3 is 10.5 Å². The van der Waals surface area contributed by atoms with Gasteiger partial charge in [-0.1, -0.05) is 6.07 Å². The van der Waals surface area contributed by atoms with Crippen LogP contribution in [0.15, 0.2) is 18.2 Å². The van der Waals surface area contributed by atoms with Crippen LogP contribution in [0.5, 0.6) is 5.75 Å². The Kier molecular flexibility index (Phi) is 3.28. The number of hydrogen-bond donors (Lipinski definition) is 1. The lowest BCUT2D eigenvalue weighted by molar-refractivity contribution is -0.137. The average molecular weight is 245 g/mol. The van der Waals surface area contributed by atoms with E-state index < -0.39 is 11.7 Å². The van der Waals surface area contributed by atoms with Crippen molar-refractivity contribution in [2.45, 2.75) is 31.5 Å². The van der Waals surface area contributed by atoms with Crippen molar-refractivity contribution in [3.05, 3.63) is 29.3 Å². The van der Waals surface area contributed by atoms with Crippen LogP contribution in [0.4, 0.5) is 13.2 Å². The standard InChI is InChI=1S/C12H14F3NO/c13-12(14,15)9-4-3-8-6-10(2-1-5-16)17-11(8)7-9/h3-4,7,10H,1-2,5-6,16H2. The fraction of sp³-hybridized carbons (Fsp3) is 0.500. The molecule has 2 rings (SSSR count). The summed E-state index contributed by atoms with van der Waals surface area (Å²) in [4.78, 5) is 0. The molecule has 0 fully saturated rings. The third kappa shape index (κ3) is 2.72. The van der Waals surface area contributed by atoms with E-state index in [0.29, 0.717) is 18.7 Å². The summed E-state index contributed by atoms with van der Waals surface area (Å²) < 4.78 is 42.9. The van der Waals surface area contributed by atoms with Crippen LogP contribution in [-0.2, 0) is 12.6 Å². The number of benzene rings is 1. The second-order valence-electron chi connectivity index (χ2n) is 4.20. The highest BCUT2D eigenvalue weighted by Gasteiger charge is 2.33. The first-order valence-electron chi connectivity index (χ1n) is 5.57. The Morgan fingerprint density at radius 2 is 2.12 bits per heavy atom. The van der Waals surface area contributed by atoms with Gasteiger partial charge in [-0.25, -0.2) is 0 Å². The lowest BCUT2D eigenvalue weighted by atomic mass is 10.0. The molecule has 1 heterocycles. The summed E-state index contributed by atoms with van der Waals surface area (Å²) in [6.45, 7) is 0.573. The summed E-state index contributed by atoms with van der Waals surface area (Å²) in [6, 6.07) is 3.69. The van der Waals surface area contributed by atoms with Crippen molar-refractivity contribution in [2.75, 3.05) is 6.54 Å². The van der Waals surface area contributed by atoms with Crippen molar-refractivity contribution in [3.63, 3.8) is 0 Å². The number of alkyl halides is 3. The Morgan fingerprint density at radius 3 is 2.76 bits per heavy atom. The Hall–Kier alpha value is -1.23. The summed E-state index contributed by atoms with van der Waals surface area (Å²) in [5.74, 6) is 0.363. The molecule has 0 aliphatic carbocycles. The summed E-state index contributed by atoms with van der Waals surface area (Å²) in [6.07, 6.45) is -2.06. The number of nitrogens with two attached hydrogens (primary N) is 1. The lowest BCUT2D eigenvalue weighted by Crippen LogP contribution is -2.14. The predicted molar refractivity (Wildman–Crippen MR) is 57.9 cm³/mol. The van der Waals surface area contributed by atoms with Gasteiger partial charge in [-0.15, -0.1) is 0 Å². The summed E-state index contributed by atoms with van der Waals surface area (Å²) in [5.41, 5.74) is 5.58. The number of halogens is 3. The molecule has 0 spiro atoms. The largest absolute Gasteiger partial charge is 0.490 e. The molecule has 1 aliphatic heterocycles. The van der Waals surface area contributed by atoms with Crippen LogP contribution in [0, 0.1) is 0 Å². The first kappa shape index (κ1) is 12.2. The van der Waals surface area contributed by atoms with Crippen molar-refractivity contribution in [3.8, 4) is 5.75 Å². The highest BCUT2D eigenvalue weighted by Crippen LogP contribution is 2.37. The molecule has 1 aromatic carbocycles. The zero-order valence-electron chi connectivity index (χ0n) is 9.26. The molecular formula is C12H14F3NO. The zero-order chi connectivity index (χ0) is 12.5. The zero-order valence-corrected chi connectivity index (χ0v) is 9.26. The van der Waals surface area contributed by atoms with E-state index in [1.54, 1.807) is 0 Å². The molecule has 0 saturated heterocycles. The monoisotopic (exact) mass is 245 g/mol. The molecule has 0 radical (unpaired) electrons. The van der Waals surface area contributed by atoms with E-state index in [-0.39, 0.29) is 6.10 Å². The minimum absolute atomic E-state index is 0.0305. The number of rotatable bonds is 3. The van der Waals surface area contributed by atoms with E-state index in [1.165, 1.54) is 6.07 Å². The van der Waals surface area contributed by atoms with Gasteiger partial charge in [0.15, 0.2) is 0 Å². The van der Waals surface area contributed by atoms with E-state index >= 15 is 0 Å². The molecule has 0 aromatic heterocycles. The van der Waals surface area contributed by atoms with Crippen LogP contribution in [0.2, 0.25) is 0 Å². The van der Waals surface area contributed by atoms with Crippen molar-refractivity contribution in [2.24, 2.45) is 5.73 Å². The van der Waals surface area contributed by atoms with Crippen LogP contribution in [-0.4, -0.2) is 12.6 Å². The summed E-state index contributed by atoms with van der Waals surface area (Å²) in [5, 5.41) is 0. The second kappa shape index (κ2) is 4.56. The number of fused-ring (bicyclic) bond motifs is 1. The maximum atomic E-state index is 12.5. The predicted octanol–water partition coefficient (Wildman–Crippen LogP) is 2.75. The van der Waals surface area contributed by atoms with Gasteiger partial charge >= 0.3 is 6.18 Å². The highest BCUT2D eigenvalue weighted by atomic mass is 19.4. The molecule has 1 unspecified atom stereocenters. The third-order valence-electron chi connectivity index (χ3n) is 2.87. The summed E-state index contributed by atoms with van der Waals surface area (Å²) in [7, 11) is 0. The van der Waals surface area contributed by atoms with E-state index in [9.17, 15) is 13.2 Å². The van der Waals surface area contributed by atoms with Gasteiger partial charge in [0, 0.05) is 6.42 Å². The van der Waals surface area contributed by atoms with Crippen molar-refractivity contribution < 1.29 is 17.9 Å². The van der Waals surface area contributed by atoms with E-state index in [0.717, 1.165) is 30.5 Å². The lowest BCUT2D eigenvalue weighted by Gasteiger charge is -2.10. The summed E-state index contributed by atoms with van der Waals surface area (Å²) >= 11 is 0. The van der Waals surface area contributed by atoms with Crippen molar-refractivity contribution >= 4 is 0 Å².